The highest BCUT2D eigenvalue weighted by Crippen LogP contribution is 2.31. The summed E-state index contributed by atoms with van der Waals surface area (Å²) in [5.74, 6) is 2.07. The number of para-hydroxylation sites is 1. The molecule has 1 atom stereocenters. The number of rotatable bonds is 9. The number of nitrogens with one attached hydrogen (secondary N) is 1. The average Bonchev–Trinajstić information content (AvgIpc) is 3.32. The van der Waals surface area contributed by atoms with E-state index in [2.05, 4.69) is 16.3 Å². The van der Waals surface area contributed by atoms with Gasteiger partial charge in [-0.05, 0) is 55.8 Å². The Bertz CT molecular complexity index is 853. The number of nitrogens with zero attached hydrogens (tertiary/aromatic N) is 1. The Balaban J connectivity index is 1.69. The van der Waals surface area contributed by atoms with Crippen LogP contribution in [0.15, 0.2) is 48.5 Å². The Hall–Kier alpha value is -2.99. The quantitative estimate of drug-likeness (QED) is 0.639. The van der Waals surface area contributed by atoms with Crippen molar-refractivity contribution in [3.8, 4) is 17.2 Å². The molecule has 0 saturated carbocycles. The minimum Gasteiger partial charge on any atom is -0.497 e. The van der Waals surface area contributed by atoms with Gasteiger partial charge in [0.2, 0.25) is 5.91 Å². The first-order valence-electron chi connectivity index (χ1n) is 10.2. The van der Waals surface area contributed by atoms with Crippen molar-refractivity contribution in [2.24, 2.45) is 0 Å². The van der Waals surface area contributed by atoms with Crippen LogP contribution in [0.2, 0.25) is 0 Å². The summed E-state index contributed by atoms with van der Waals surface area (Å²) in [6.45, 7) is 2.57. The number of carbonyl (C=O) groups is 1. The van der Waals surface area contributed by atoms with E-state index in [0.29, 0.717) is 18.0 Å². The second-order valence-electron chi connectivity index (χ2n) is 7.23. The van der Waals surface area contributed by atoms with Crippen molar-refractivity contribution in [1.82, 2.24) is 10.2 Å². The number of methoxy groups -OCH3 is 3. The maximum Gasteiger partial charge on any atom is 0.244 e. The van der Waals surface area contributed by atoms with Crippen LogP contribution < -0.4 is 19.5 Å². The van der Waals surface area contributed by atoms with Crippen LogP contribution in [0.25, 0.3) is 6.08 Å². The molecule has 2 aromatic carbocycles. The minimum absolute atomic E-state index is 0.0814. The molecule has 30 heavy (non-hydrogen) atoms. The van der Waals surface area contributed by atoms with Gasteiger partial charge in [-0.2, -0.15) is 0 Å². The zero-order valence-corrected chi connectivity index (χ0v) is 17.9. The van der Waals surface area contributed by atoms with Gasteiger partial charge in [0.15, 0.2) is 0 Å². The number of hydrogen-bond acceptors (Lipinski definition) is 5. The molecular formula is C24H30N2O4. The number of benzene rings is 2. The molecule has 1 saturated heterocycles. The second kappa shape index (κ2) is 10.7. The van der Waals surface area contributed by atoms with Crippen LogP contribution in [0, 0.1) is 0 Å². The van der Waals surface area contributed by atoms with Crippen LogP contribution in [0.4, 0.5) is 0 Å². The summed E-state index contributed by atoms with van der Waals surface area (Å²) in [6.07, 6.45) is 5.65. The fourth-order valence-electron chi connectivity index (χ4n) is 3.78. The van der Waals surface area contributed by atoms with Crippen LogP contribution in [-0.4, -0.2) is 51.8 Å². The molecular weight excluding hydrogens is 380 g/mol. The van der Waals surface area contributed by atoms with Gasteiger partial charge in [-0.25, -0.2) is 0 Å². The number of carbonyl (C=O) groups excluding carboxylic acids is 1. The van der Waals surface area contributed by atoms with E-state index >= 15 is 0 Å². The van der Waals surface area contributed by atoms with Gasteiger partial charge in [0, 0.05) is 24.3 Å². The number of amides is 1. The molecule has 1 heterocycles. The molecule has 1 amide bonds. The summed E-state index contributed by atoms with van der Waals surface area (Å²) in [7, 11) is 4.89. The molecule has 0 aliphatic carbocycles. The fraction of sp³-hybridized carbons (Fsp3) is 0.375. The Morgan fingerprint density at radius 3 is 2.33 bits per heavy atom. The molecule has 0 radical (unpaired) electrons. The lowest BCUT2D eigenvalue weighted by molar-refractivity contribution is -0.116. The Morgan fingerprint density at radius 1 is 1.03 bits per heavy atom. The predicted octanol–water partition coefficient (Wildman–Crippen LogP) is 3.68. The normalized spacial score (nSPS) is 15.2. The van der Waals surface area contributed by atoms with E-state index in [9.17, 15) is 4.79 Å². The van der Waals surface area contributed by atoms with Gasteiger partial charge >= 0.3 is 0 Å². The number of ether oxygens (including phenoxy) is 3. The van der Waals surface area contributed by atoms with E-state index in [0.717, 1.165) is 30.0 Å². The van der Waals surface area contributed by atoms with E-state index in [1.54, 1.807) is 33.5 Å². The Kier molecular flexibility index (Phi) is 7.74. The largest absolute Gasteiger partial charge is 0.497 e. The zero-order valence-electron chi connectivity index (χ0n) is 17.9. The average molecular weight is 411 g/mol. The van der Waals surface area contributed by atoms with E-state index < -0.39 is 0 Å². The van der Waals surface area contributed by atoms with Gasteiger partial charge in [0.1, 0.15) is 17.2 Å². The third-order valence-corrected chi connectivity index (χ3v) is 5.35. The molecule has 6 heteroatoms. The van der Waals surface area contributed by atoms with Gasteiger partial charge in [0.05, 0.1) is 27.4 Å². The molecule has 2 aromatic rings. The molecule has 0 aromatic heterocycles. The van der Waals surface area contributed by atoms with Crippen LogP contribution in [0.3, 0.4) is 0 Å². The summed E-state index contributed by atoms with van der Waals surface area (Å²) in [6, 6.07) is 13.6. The van der Waals surface area contributed by atoms with Crippen molar-refractivity contribution in [2.75, 3.05) is 41.0 Å². The van der Waals surface area contributed by atoms with Crippen LogP contribution in [-0.2, 0) is 4.79 Å². The fourth-order valence-corrected chi connectivity index (χ4v) is 3.78. The van der Waals surface area contributed by atoms with Gasteiger partial charge < -0.3 is 19.5 Å². The maximum absolute atomic E-state index is 12.5. The minimum atomic E-state index is -0.143. The third kappa shape index (κ3) is 5.54. The summed E-state index contributed by atoms with van der Waals surface area (Å²) in [5.41, 5.74) is 1.94. The SMILES string of the molecule is COc1cc(/C=C/C(=O)NCC(c2ccccc2OC)N2CCCC2)cc(OC)c1. The van der Waals surface area contributed by atoms with Gasteiger partial charge in [-0.15, -0.1) is 0 Å². The molecule has 160 valence electrons. The van der Waals surface area contributed by atoms with Crippen LogP contribution in [0.5, 0.6) is 17.2 Å². The monoisotopic (exact) mass is 410 g/mol. The van der Waals surface area contributed by atoms with Crippen molar-refractivity contribution < 1.29 is 19.0 Å². The van der Waals surface area contributed by atoms with E-state index in [1.165, 1.54) is 18.9 Å². The highest BCUT2D eigenvalue weighted by molar-refractivity contribution is 5.91. The lowest BCUT2D eigenvalue weighted by Crippen LogP contribution is -2.36. The van der Waals surface area contributed by atoms with Crippen LogP contribution >= 0.6 is 0 Å². The number of likely N-dealkylation sites (tertiary alicyclic amines) is 1. The van der Waals surface area contributed by atoms with E-state index in [4.69, 9.17) is 14.2 Å². The first-order valence-corrected chi connectivity index (χ1v) is 10.2. The van der Waals surface area contributed by atoms with Gasteiger partial charge in [-0.3, -0.25) is 9.69 Å². The lowest BCUT2D eigenvalue weighted by atomic mass is 10.0. The molecule has 3 rings (SSSR count). The lowest BCUT2D eigenvalue weighted by Gasteiger charge is -2.29. The van der Waals surface area contributed by atoms with Crippen LogP contribution in [0.1, 0.15) is 30.0 Å². The molecule has 0 spiro atoms. The Labute approximate surface area is 178 Å². The summed E-state index contributed by atoms with van der Waals surface area (Å²) >= 11 is 0. The van der Waals surface area contributed by atoms with Crippen molar-refractivity contribution in [2.45, 2.75) is 18.9 Å². The molecule has 6 nitrogen and oxygen atoms in total. The van der Waals surface area contributed by atoms with E-state index in [-0.39, 0.29) is 11.9 Å². The standard InChI is InChI=1S/C24H30N2O4/c1-28-19-14-18(15-20(16-19)29-2)10-11-24(27)25-17-22(26-12-6-7-13-26)21-8-4-5-9-23(21)30-3/h4-5,8-11,14-16,22H,6-7,12-13,17H2,1-3H3,(H,25,27)/b11-10+. The maximum atomic E-state index is 12.5. The Morgan fingerprint density at radius 2 is 1.70 bits per heavy atom. The third-order valence-electron chi connectivity index (χ3n) is 5.35. The summed E-state index contributed by atoms with van der Waals surface area (Å²) < 4.78 is 16.1. The highest BCUT2D eigenvalue weighted by Gasteiger charge is 2.26. The zero-order chi connectivity index (χ0) is 21.3. The molecule has 1 N–H and O–H groups in total. The van der Waals surface area contributed by atoms with E-state index in [1.807, 2.05) is 30.3 Å². The second-order valence-corrected chi connectivity index (χ2v) is 7.23. The summed E-state index contributed by atoms with van der Waals surface area (Å²) in [4.78, 5) is 14.9. The molecule has 1 aliphatic rings. The smallest absolute Gasteiger partial charge is 0.244 e. The molecule has 1 aliphatic heterocycles. The summed E-state index contributed by atoms with van der Waals surface area (Å²) in [5, 5.41) is 3.05. The van der Waals surface area contributed by atoms with Crippen molar-refractivity contribution in [3.05, 3.63) is 59.7 Å². The number of hydrogen-bond donors (Lipinski definition) is 1. The molecule has 1 fully saturated rings. The van der Waals surface area contributed by atoms with Gasteiger partial charge in [-0.1, -0.05) is 18.2 Å². The molecule has 0 bridgehead atoms. The van der Waals surface area contributed by atoms with Crippen molar-refractivity contribution >= 4 is 12.0 Å². The topological polar surface area (TPSA) is 60.0 Å². The molecule has 1 unspecified atom stereocenters. The van der Waals surface area contributed by atoms with Crippen molar-refractivity contribution in [1.29, 1.82) is 0 Å². The first kappa shape index (κ1) is 21.7. The first-order chi connectivity index (χ1) is 14.6. The predicted molar refractivity (Wildman–Crippen MR) is 118 cm³/mol. The highest BCUT2D eigenvalue weighted by atomic mass is 16.5. The van der Waals surface area contributed by atoms with Gasteiger partial charge in [0.25, 0.3) is 0 Å². The van der Waals surface area contributed by atoms with Crippen molar-refractivity contribution in [3.63, 3.8) is 0 Å².